The average Bonchev–Trinajstić information content (AvgIpc) is 2.26. The summed E-state index contributed by atoms with van der Waals surface area (Å²) in [5.41, 5.74) is 6.51. The number of hydrogen-bond donors (Lipinski definition) is 2. The van der Waals surface area contributed by atoms with Gasteiger partial charge in [-0.2, -0.15) is 0 Å². The Morgan fingerprint density at radius 2 is 2.06 bits per heavy atom. The molecule has 2 aliphatic rings. The predicted molar refractivity (Wildman–Crippen MR) is 69.5 cm³/mol. The maximum absolute atomic E-state index is 3.55. The SMILES string of the molecule is CNc1cccc2c1NC(=C1CCC1)C=C2. The summed E-state index contributed by atoms with van der Waals surface area (Å²) in [7, 11) is 1.96. The highest BCUT2D eigenvalue weighted by molar-refractivity contribution is 5.85. The molecule has 0 spiro atoms. The smallest absolute Gasteiger partial charge is 0.0693 e. The van der Waals surface area contributed by atoms with E-state index in [1.54, 1.807) is 5.57 Å². The molecule has 1 aromatic carbocycles. The van der Waals surface area contributed by atoms with Gasteiger partial charge in [0.15, 0.2) is 0 Å². The molecule has 2 heteroatoms. The normalized spacial score (nSPS) is 17.6. The average molecular weight is 212 g/mol. The molecule has 2 nitrogen and oxygen atoms in total. The Kier molecular flexibility index (Phi) is 2.21. The summed E-state index contributed by atoms with van der Waals surface area (Å²) in [5.74, 6) is 0. The van der Waals surface area contributed by atoms with Gasteiger partial charge in [0, 0.05) is 18.3 Å². The van der Waals surface area contributed by atoms with E-state index in [-0.39, 0.29) is 0 Å². The second kappa shape index (κ2) is 3.71. The van der Waals surface area contributed by atoms with Gasteiger partial charge in [0.2, 0.25) is 0 Å². The Morgan fingerprint density at radius 3 is 2.75 bits per heavy atom. The van der Waals surface area contributed by atoms with Crippen LogP contribution in [-0.4, -0.2) is 7.05 Å². The molecule has 0 radical (unpaired) electrons. The molecule has 0 saturated heterocycles. The number of rotatable bonds is 1. The summed E-state index contributed by atoms with van der Waals surface area (Å²) in [4.78, 5) is 0. The van der Waals surface area contributed by atoms with E-state index in [1.165, 1.54) is 41.9 Å². The first kappa shape index (κ1) is 9.52. The Labute approximate surface area is 96.1 Å². The van der Waals surface area contributed by atoms with E-state index in [2.05, 4.69) is 41.0 Å². The molecular formula is C14H16N2. The monoisotopic (exact) mass is 212 g/mol. The van der Waals surface area contributed by atoms with Crippen molar-refractivity contribution in [3.8, 4) is 0 Å². The van der Waals surface area contributed by atoms with Crippen molar-refractivity contribution in [3.63, 3.8) is 0 Å². The third kappa shape index (κ3) is 1.42. The van der Waals surface area contributed by atoms with Crippen LogP contribution in [0.5, 0.6) is 0 Å². The van der Waals surface area contributed by atoms with Gasteiger partial charge in [0.05, 0.1) is 11.4 Å². The van der Waals surface area contributed by atoms with Crippen molar-refractivity contribution in [2.45, 2.75) is 19.3 Å². The minimum Gasteiger partial charge on any atom is -0.386 e. The molecule has 1 heterocycles. The first-order chi connectivity index (χ1) is 7.88. The summed E-state index contributed by atoms with van der Waals surface area (Å²) in [6.07, 6.45) is 8.26. The third-order valence-electron chi connectivity index (χ3n) is 3.39. The fourth-order valence-corrected chi connectivity index (χ4v) is 2.24. The van der Waals surface area contributed by atoms with Crippen molar-refractivity contribution in [1.29, 1.82) is 0 Å². The standard InChI is InChI=1S/C14H16N2/c1-15-13-7-3-6-11-8-9-12(16-14(11)13)10-4-2-5-10/h3,6-9,15-16H,2,4-5H2,1H3. The van der Waals surface area contributed by atoms with Gasteiger partial charge >= 0.3 is 0 Å². The van der Waals surface area contributed by atoms with Gasteiger partial charge in [-0.15, -0.1) is 0 Å². The molecule has 82 valence electrons. The third-order valence-corrected chi connectivity index (χ3v) is 3.39. The Morgan fingerprint density at radius 1 is 1.19 bits per heavy atom. The Hall–Kier alpha value is -1.70. The van der Waals surface area contributed by atoms with E-state index in [0.29, 0.717) is 0 Å². The number of nitrogens with one attached hydrogen (secondary N) is 2. The molecule has 0 aromatic heterocycles. The first-order valence-electron chi connectivity index (χ1n) is 5.86. The lowest BCUT2D eigenvalue weighted by molar-refractivity contribution is 0.655. The van der Waals surface area contributed by atoms with Crippen LogP contribution >= 0.6 is 0 Å². The summed E-state index contributed by atoms with van der Waals surface area (Å²) in [6, 6.07) is 6.33. The van der Waals surface area contributed by atoms with Crippen LogP contribution in [0, 0.1) is 0 Å². The van der Waals surface area contributed by atoms with Crippen LogP contribution in [0.2, 0.25) is 0 Å². The van der Waals surface area contributed by atoms with Gasteiger partial charge in [-0.25, -0.2) is 0 Å². The van der Waals surface area contributed by atoms with E-state index in [4.69, 9.17) is 0 Å². The summed E-state index contributed by atoms with van der Waals surface area (Å²) >= 11 is 0. The van der Waals surface area contributed by atoms with E-state index in [0.717, 1.165) is 0 Å². The minimum absolute atomic E-state index is 1.17. The van der Waals surface area contributed by atoms with Crippen molar-refractivity contribution in [2.75, 3.05) is 17.7 Å². The predicted octanol–water partition coefficient (Wildman–Crippen LogP) is 3.61. The first-order valence-corrected chi connectivity index (χ1v) is 5.86. The molecule has 2 N–H and O–H groups in total. The minimum atomic E-state index is 1.17. The molecule has 1 saturated carbocycles. The zero-order valence-corrected chi connectivity index (χ0v) is 9.51. The lowest BCUT2D eigenvalue weighted by Crippen LogP contribution is -2.12. The van der Waals surface area contributed by atoms with Gasteiger partial charge in [-0.1, -0.05) is 18.2 Å². The maximum Gasteiger partial charge on any atom is 0.0693 e. The van der Waals surface area contributed by atoms with E-state index in [9.17, 15) is 0 Å². The van der Waals surface area contributed by atoms with Crippen LogP contribution in [0.25, 0.3) is 6.08 Å². The zero-order chi connectivity index (χ0) is 11.0. The number of para-hydroxylation sites is 1. The van der Waals surface area contributed by atoms with Crippen LogP contribution in [0.15, 0.2) is 35.5 Å². The van der Waals surface area contributed by atoms with Gasteiger partial charge < -0.3 is 10.6 Å². The number of benzene rings is 1. The fraction of sp³-hybridized carbons (Fsp3) is 0.286. The zero-order valence-electron chi connectivity index (χ0n) is 9.51. The Balaban J connectivity index is 2.04. The van der Waals surface area contributed by atoms with Crippen LogP contribution in [-0.2, 0) is 0 Å². The molecule has 0 unspecified atom stereocenters. The summed E-state index contributed by atoms with van der Waals surface area (Å²) < 4.78 is 0. The summed E-state index contributed by atoms with van der Waals surface area (Å²) in [5, 5.41) is 6.78. The second-order valence-electron chi connectivity index (χ2n) is 4.35. The van der Waals surface area contributed by atoms with Gasteiger partial charge in [-0.05, 0) is 37.0 Å². The second-order valence-corrected chi connectivity index (χ2v) is 4.35. The number of allylic oxidation sites excluding steroid dienone is 2. The molecule has 0 atom stereocenters. The van der Waals surface area contributed by atoms with Gasteiger partial charge in [-0.3, -0.25) is 0 Å². The highest BCUT2D eigenvalue weighted by Crippen LogP contribution is 2.36. The van der Waals surface area contributed by atoms with Crippen LogP contribution in [0.3, 0.4) is 0 Å². The van der Waals surface area contributed by atoms with Gasteiger partial charge in [0.25, 0.3) is 0 Å². The molecular weight excluding hydrogens is 196 g/mol. The highest BCUT2D eigenvalue weighted by atomic mass is 15.0. The molecule has 3 rings (SSSR count). The lowest BCUT2D eigenvalue weighted by atomic mass is 9.89. The molecule has 1 aliphatic heterocycles. The van der Waals surface area contributed by atoms with Crippen molar-refractivity contribution in [3.05, 3.63) is 41.1 Å². The van der Waals surface area contributed by atoms with E-state index < -0.39 is 0 Å². The van der Waals surface area contributed by atoms with Crippen molar-refractivity contribution in [1.82, 2.24) is 0 Å². The van der Waals surface area contributed by atoms with Crippen molar-refractivity contribution < 1.29 is 0 Å². The summed E-state index contributed by atoms with van der Waals surface area (Å²) in [6.45, 7) is 0. The molecule has 1 aliphatic carbocycles. The molecule has 0 bridgehead atoms. The van der Waals surface area contributed by atoms with Crippen LogP contribution in [0.4, 0.5) is 11.4 Å². The number of fused-ring (bicyclic) bond motifs is 1. The van der Waals surface area contributed by atoms with Crippen LogP contribution < -0.4 is 10.6 Å². The molecule has 0 amide bonds. The molecule has 1 aromatic rings. The van der Waals surface area contributed by atoms with Crippen LogP contribution in [0.1, 0.15) is 24.8 Å². The van der Waals surface area contributed by atoms with Crippen molar-refractivity contribution >= 4 is 17.5 Å². The highest BCUT2D eigenvalue weighted by Gasteiger charge is 2.17. The number of anilines is 2. The van der Waals surface area contributed by atoms with E-state index >= 15 is 0 Å². The van der Waals surface area contributed by atoms with Crippen molar-refractivity contribution in [2.24, 2.45) is 0 Å². The lowest BCUT2D eigenvalue weighted by Gasteiger charge is -2.25. The Bertz CT molecular complexity index is 478. The topological polar surface area (TPSA) is 24.1 Å². The van der Waals surface area contributed by atoms with Gasteiger partial charge in [0.1, 0.15) is 0 Å². The largest absolute Gasteiger partial charge is 0.386 e. The molecule has 16 heavy (non-hydrogen) atoms. The van der Waals surface area contributed by atoms with E-state index in [1.807, 2.05) is 7.05 Å². The maximum atomic E-state index is 3.55. The quantitative estimate of drug-likeness (QED) is 0.743. The number of hydrogen-bond acceptors (Lipinski definition) is 2. The fourth-order valence-electron chi connectivity index (χ4n) is 2.24. The molecule has 1 fully saturated rings.